The SMILES string of the molecule is CC(C)c1nc(CN(C)C(=O)NC(C(=O)NC(CCC(Cc2ccccc2)NC(=O)OCc2cncs2)Cc2ccccc2)C2CNC(=O)NC2=O)cs1. The van der Waals surface area contributed by atoms with Gasteiger partial charge in [0.15, 0.2) is 0 Å². The molecule has 54 heavy (non-hydrogen) atoms. The predicted octanol–water partition coefficient (Wildman–Crippen LogP) is 4.73. The van der Waals surface area contributed by atoms with Gasteiger partial charge in [-0.2, -0.15) is 0 Å². The molecule has 2 aromatic heterocycles. The molecule has 5 N–H and O–H groups in total. The number of benzene rings is 2. The molecular weight excluding hydrogens is 729 g/mol. The van der Waals surface area contributed by atoms with E-state index >= 15 is 0 Å². The highest BCUT2D eigenvalue weighted by molar-refractivity contribution is 7.09. The number of carbonyl (C=O) groups is 5. The average Bonchev–Trinajstić information content (AvgIpc) is 3.86. The number of amides is 7. The van der Waals surface area contributed by atoms with Crippen molar-refractivity contribution in [1.82, 2.24) is 41.5 Å². The molecule has 0 aliphatic carbocycles. The highest BCUT2D eigenvalue weighted by Gasteiger charge is 2.39. The van der Waals surface area contributed by atoms with Crippen LogP contribution in [0.3, 0.4) is 0 Å². The second kappa shape index (κ2) is 19.6. The molecule has 7 amide bonds. The van der Waals surface area contributed by atoms with Gasteiger partial charge < -0.3 is 30.9 Å². The largest absolute Gasteiger partial charge is 0.444 e. The molecule has 14 nitrogen and oxygen atoms in total. The number of rotatable bonds is 17. The third-order valence-electron chi connectivity index (χ3n) is 8.84. The topological polar surface area (TPSA) is 184 Å². The molecule has 1 aliphatic heterocycles. The third-order valence-corrected chi connectivity index (χ3v) is 10.8. The summed E-state index contributed by atoms with van der Waals surface area (Å²) in [6.45, 7) is 4.23. The molecule has 4 atom stereocenters. The maximum atomic E-state index is 14.2. The zero-order valence-corrected chi connectivity index (χ0v) is 32.1. The number of thiazole rings is 2. The van der Waals surface area contributed by atoms with Crippen LogP contribution in [0.25, 0.3) is 0 Å². The monoisotopic (exact) mass is 774 g/mol. The van der Waals surface area contributed by atoms with Gasteiger partial charge in [-0.05, 0) is 36.8 Å². The van der Waals surface area contributed by atoms with Crippen molar-refractivity contribution in [3.05, 3.63) is 104 Å². The van der Waals surface area contributed by atoms with Crippen molar-refractivity contribution in [2.45, 2.75) is 76.7 Å². The zero-order chi connectivity index (χ0) is 38.5. The minimum atomic E-state index is -1.32. The Kier molecular flexibility index (Phi) is 14.5. The van der Waals surface area contributed by atoms with E-state index in [0.717, 1.165) is 21.0 Å². The van der Waals surface area contributed by atoms with Crippen LogP contribution in [-0.4, -0.2) is 76.6 Å². The van der Waals surface area contributed by atoms with Crippen molar-refractivity contribution in [1.29, 1.82) is 0 Å². The van der Waals surface area contributed by atoms with Gasteiger partial charge in [0.2, 0.25) is 11.8 Å². The summed E-state index contributed by atoms with van der Waals surface area (Å²) in [5.41, 5.74) is 4.36. The lowest BCUT2D eigenvalue weighted by Crippen LogP contribution is -2.64. The van der Waals surface area contributed by atoms with E-state index in [1.165, 1.54) is 27.6 Å². The molecule has 2 aromatic carbocycles. The molecule has 16 heteroatoms. The van der Waals surface area contributed by atoms with Crippen LogP contribution in [0, 0.1) is 5.92 Å². The first-order chi connectivity index (χ1) is 26.0. The first-order valence-electron chi connectivity index (χ1n) is 17.8. The molecule has 0 saturated carbocycles. The van der Waals surface area contributed by atoms with E-state index in [-0.39, 0.29) is 31.7 Å². The van der Waals surface area contributed by atoms with Crippen LogP contribution >= 0.6 is 22.7 Å². The second-order valence-corrected chi connectivity index (χ2v) is 15.3. The van der Waals surface area contributed by atoms with Crippen molar-refractivity contribution in [3.63, 3.8) is 0 Å². The Morgan fingerprint density at radius 1 is 0.926 bits per heavy atom. The van der Waals surface area contributed by atoms with Gasteiger partial charge in [0.25, 0.3) is 0 Å². The summed E-state index contributed by atoms with van der Waals surface area (Å²) in [6.07, 6.45) is 2.95. The summed E-state index contributed by atoms with van der Waals surface area (Å²) >= 11 is 2.91. The Morgan fingerprint density at radius 2 is 1.57 bits per heavy atom. The summed E-state index contributed by atoms with van der Waals surface area (Å²) in [4.78, 5) is 76.6. The number of ether oxygens (including phenoxy) is 1. The molecule has 4 unspecified atom stereocenters. The summed E-state index contributed by atoms with van der Waals surface area (Å²) in [5, 5.41) is 16.5. The number of hydrogen-bond donors (Lipinski definition) is 5. The minimum absolute atomic E-state index is 0.0987. The number of nitrogens with zero attached hydrogens (tertiary/aromatic N) is 3. The maximum Gasteiger partial charge on any atom is 0.407 e. The molecular formula is C38H46N8O6S2. The molecule has 5 rings (SSSR count). The van der Waals surface area contributed by atoms with Crippen molar-refractivity contribution in [3.8, 4) is 0 Å². The van der Waals surface area contributed by atoms with Crippen molar-refractivity contribution >= 4 is 52.6 Å². The molecule has 1 aliphatic rings. The number of hydrogen-bond acceptors (Lipinski definition) is 10. The van der Waals surface area contributed by atoms with Gasteiger partial charge in [-0.15, -0.1) is 22.7 Å². The lowest BCUT2D eigenvalue weighted by Gasteiger charge is -2.32. The van der Waals surface area contributed by atoms with Crippen LogP contribution in [0.2, 0.25) is 0 Å². The molecule has 4 aromatic rings. The maximum absolute atomic E-state index is 14.2. The second-order valence-electron chi connectivity index (χ2n) is 13.5. The molecule has 286 valence electrons. The van der Waals surface area contributed by atoms with Gasteiger partial charge in [-0.25, -0.2) is 19.4 Å². The fraction of sp³-hybridized carbons (Fsp3) is 0.395. The lowest BCUT2D eigenvalue weighted by molar-refractivity contribution is -0.132. The minimum Gasteiger partial charge on any atom is -0.444 e. The average molecular weight is 775 g/mol. The van der Waals surface area contributed by atoms with E-state index in [1.54, 1.807) is 18.8 Å². The van der Waals surface area contributed by atoms with Crippen LogP contribution in [0.5, 0.6) is 0 Å². The van der Waals surface area contributed by atoms with E-state index in [9.17, 15) is 24.0 Å². The Balaban J connectivity index is 1.32. The van der Waals surface area contributed by atoms with Crippen molar-refractivity contribution < 1.29 is 28.7 Å². The Morgan fingerprint density at radius 3 is 2.15 bits per heavy atom. The highest BCUT2D eigenvalue weighted by Crippen LogP contribution is 2.20. The fourth-order valence-corrected chi connectivity index (χ4v) is 7.31. The Hall–Kier alpha value is -5.35. The van der Waals surface area contributed by atoms with Crippen molar-refractivity contribution in [2.75, 3.05) is 13.6 Å². The molecule has 0 radical (unpaired) electrons. The van der Waals surface area contributed by atoms with Gasteiger partial charge in [0, 0.05) is 43.2 Å². The van der Waals surface area contributed by atoms with Gasteiger partial charge in [0.05, 0.1) is 33.6 Å². The van der Waals surface area contributed by atoms with Crippen LogP contribution in [0.4, 0.5) is 14.4 Å². The Labute approximate surface area is 322 Å². The molecule has 0 bridgehead atoms. The number of urea groups is 2. The van der Waals surface area contributed by atoms with E-state index in [1.807, 2.05) is 79.9 Å². The summed E-state index contributed by atoms with van der Waals surface area (Å²) < 4.78 is 5.48. The van der Waals surface area contributed by atoms with Crippen LogP contribution in [-0.2, 0) is 40.3 Å². The third kappa shape index (κ3) is 12.1. The fourth-order valence-electron chi connectivity index (χ4n) is 5.98. The summed E-state index contributed by atoms with van der Waals surface area (Å²) in [5.74, 6) is -2.09. The highest BCUT2D eigenvalue weighted by atomic mass is 32.1. The smallest absolute Gasteiger partial charge is 0.407 e. The molecule has 1 fully saturated rings. The van der Waals surface area contributed by atoms with Crippen LogP contribution in [0.1, 0.15) is 59.3 Å². The predicted molar refractivity (Wildman–Crippen MR) is 206 cm³/mol. The Bertz CT molecular complexity index is 1840. The number of aromatic nitrogens is 2. The normalized spacial score (nSPS) is 15.7. The molecule has 1 saturated heterocycles. The van der Waals surface area contributed by atoms with Crippen LogP contribution < -0.4 is 26.6 Å². The number of imide groups is 1. The standard InChI is InChI=1S/C38H46N8O6S2/c1-24(2)35-42-29(22-53-35)20-46(3)37(50)44-32(31-19-40-36(49)45-33(31)47)34(48)41-27(16-25-10-6-4-7-11-25)14-15-28(17-26-12-8-5-9-13-26)43-38(51)52-21-30-18-39-23-54-30/h4-13,18,22-24,27-28,31-32H,14-17,19-21H2,1-3H3,(H,41,48)(H,43,51)(H,44,50)(H2,40,45,47,49). The summed E-state index contributed by atoms with van der Waals surface area (Å²) in [6, 6.07) is 16.0. The molecule has 3 heterocycles. The van der Waals surface area contributed by atoms with Gasteiger partial charge in [0.1, 0.15) is 12.6 Å². The van der Waals surface area contributed by atoms with Crippen molar-refractivity contribution in [2.24, 2.45) is 5.92 Å². The quantitative estimate of drug-likeness (QED) is 0.102. The van der Waals surface area contributed by atoms with E-state index in [0.29, 0.717) is 31.4 Å². The number of alkyl carbamates (subject to hydrolysis) is 1. The first-order valence-corrected chi connectivity index (χ1v) is 19.5. The van der Waals surface area contributed by atoms with Gasteiger partial charge in [-0.3, -0.25) is 19.9 Å². The van der Waals surface area contributed by atoms with Crippen LogP contribution in [0.15, 0.2) is 77.8 Å². The van der Waals surface area contributed by atoms with E-state index in [4.69, 9.17) is 4.74 Å². The number of carbonyl (C=O) groups excluding carboxylic acids is 5. The molecule has 0 spiro atoms. The van der Waals surface area contributed by atoms with Gasteiger partial charge >= 0.3 is 18.2 Å². The number of nitrogens with one attached hydrogen (secondary N) is 5. The zero-order valence-electron chi connectivity index (χ0n) is 30.4. The summed E-state index contributed by atoms with van der Waals surface area (Å²) in [7, 11) is 1.59. The van der Waals surface area contributed by atoms with Gasteiger partial charge in [-0.1, -0.05) is 74.5 Å². The first kappa shape index (κ1) is 39.8. The van der Waals surface area contributed by atoms with E-state index < -0.39 is 48.0 Å². The van der Waals surface area contributed by atoms with E-state index in [2.05, 4.69) is 36.6 Å². The lowest BCUT2D eigenvalue weighted by atomic mass is 9.93.